The van der Waals surface area contributed by atoms with E-state index in [1.165, 1.54) is 7.11 Å². The minimum atomic E-state index is -0.504. The molecular weight excluding hydrogens is 426 g/mol. The summed E-state index contributed by atoms with van der Waals surface area (Å²) in [7, 11) is 1.30. The summed E-state index contributed by atoms with van der Waals surface area (Å²) in [6.07, 6.45) is 0. The largest absolute Gasteiger partial charge is 0.465 e. The Bertz CT molecular complexity index is 691. The number of esters is 1. The van der Waals surface area contributed by atoms with E-state index in [1.54, 1.807) is 24.3 Å². The first-order chi connectivity index (χ1) is 11.0. The van der Waals surface area contributed by atoms with Crippen molar-refractivity contribution in [3.63, 3.8) is 0 Å². The fraction of sp³-hybridized carbons (Fsp3) is 0.176. The normalized spacial score (nSPS) is 13.0. The van der Waals surface area contributed by atoms with E-state index in [9.17, 15) is 9.59 Å². The predicted octanol–water partition coefficient (Wildman–Crippen LogP) is 4.31. The monoisotopic (exact) mass is 439 g/mol. The van der Waals surface area contributed by atoms with Gasteiger partial charge in [0.15, 0.2) is 0 Å². The summed E-state index contributed by atoms with van der Waals surface area (Å²) in [6, 6.07) is 16.3. The number of ether oxygens (including phenoxy) is 1. The van der Waals surface area contributed by atoms with Gasteiger partial charge in [0, 0.05) is 0 Å². The third-order valence-corrected chi connectivity index (χ3v) is 5.93. The van der Waals surface area contributed by atoms with Gasteiger partial charge in [-0.3, -0.25) is 4.79 Å². The number of carbonyl (C=O) groups is 2. The van der Waals surface area contributed by atoms with Crippen LogP contribution < -0.4 is 5.32 Å². The number of nitrogens with one attached hydrogen (secondary N) is 1. The molecule has 120 valence electrons. The van der Waals surface area contributed by atoms with Gasteiger partial charge >= 0.3 is 5.97 Å². The summed E-state index contributed by atoms with van der Waals surface area (Å²) < 4.78 is 4.72. The second-order valence-corrected chi connectivity index (χ2v) is 6.71. The molecule has 0 bridgehead atoms. The van der Waals surface area contributed by atoms with Gasteiger partial charge in [-0.1, -0.05) is 74.3 Å². The van der Waals surface area contributed by atoms with Gasteiger partial charge in [0.25, 0.3) is 0 Å². The van der Waals surface area contributed by atoms with Gasteiger partial charge in [-0.25, -0.2) is 4.79 Å². The Morgan fingerprint density at radius 2 is 1.61 bits per heavy atom. The van der Waals surface area contributed by atoms with E-state index in [0.717, 1.165) is 5.56 Å². The van der Waals surface area contributed by atoms with Crippen LogP contribution in [0, 0.1) is 0 Å². The standard InChI is InChI=1S/C17H15Br2NO3/c1-23-17(22)12-9-5-6-10-13(12)20-16(21)15(19)14(18)11-7-3-2-4-8-11/h2-10,14-15H,1H3,(H,20,21)/t14-,15-/m0/s1. The second kappa shape index (κ2) is 8.26. The Morgan fingerprint density at radius 3 is 2.26 bits per heavy atom. The summed E-state index contributed by atoms with van der Waals surface area (Å²) in [5.41, 5.74) is 1.71. The zero-order valence-electron chi connectivity index (χ0n) is 12.3. The van der Waals surface area contributed by atoms with E-state index in [-0.39, 0.29) is 10.7 Å². The number of hydrogen-bond donors (Lipinski definition) is 1. The number of hydrogen-bond acceptors (Lipinski definition) is 3. The van der Waals surface area contributed by atoms with Crippen molar-refractivity contribution in [2.75, 3.05) is 12.4 Å². The Hall–Kier alpha value is -1.66. The Kier molecular flexibility index (Phi) is 6.36. The van der Waals surface area contributed by atoms with Crippen molar-refractivity contribution in [1.29, 1.82) is 0 Å². The van der Waals surface area contributed by atoms with E-state index in [0.29, 0.717) is 11.3 Å². The molecule has 2 aromatic carbocycles. The first kappa shape index (κ1) is 17.7. The predicted molar refractivity (Wildman–Crippen MR) is 97.2 cm³/mol. The molecule has 2 atom stereocenters. The number of para-hydroxylation sites is 1. The molecule has 0 aromatic heterocycles. The Labute approximate surface area is 151 Å². The molecule has 0 aliphatic heterocycles. The summed E-state index contributed by atoms with van der Waals surface area (Å²) in [6.45, 7) is 0. The Morgan fingerprint density at radius 1 is 1.00 bits per heavy atom. The fourth-order valence-electron chi connectivity index (χ4n) is 2.02. The molecule has 6 heteroatoms. The molecule has 0 aliphatic carbocycles. The van der Waals surface area contributed by atoms with Crippen LogP contribution in [0.15, 0.2) is 54.6 Å². The molecule has 4 nitrogen and oxygen atoms in total. The molecule has 0 fully saturated rings. The van der Waals surface area contributed by atoms with Crippen LogP contribution in [-0.2, 0) is 9.53 Å². The molecule has 2 rings (SSSR count). The highest BCUT2D eigenvalue weighted by Crippen LogP contribution is 2.32. The Balaban J connectivity index is 2.15. The van der Waals surface area contributed by atoms with E-state index in [4.69, 9.17) is 4.74 Å². The van der Waals surface area contributed by atoms with E-state index in [2.05, 4.69) is 37.2 Å². The van der Waals surface area contributed by atoms with Gasteiger partial charge in [0.2, 0.25) is 5.91 Å². The minimum Gasteiger partial charge on any atom is -0.465 e. The topological polar surface area (TPSA) is 55.4 Å². The van der Waals surface area contributed by atoms with Crippen molar-refractivity contribution >= 4 is 49.4 Å². The average molecular weight is 441 g/mol. The molecule has 0 unspecified atom stereocenters. The number of alkyl halides is 2. The quantitative estimate of drug-likeness (QED) is 0.556. The van der Waals surface area contributed by atoms with Gasteiger partial charge in [-0.05, 0) is 17.7 Å². The van der Waals surface area contributed by atoms with Crippen molar-refractivity contribution < 1.29 is 14.3 Å². The van der Waals surface area contributed by atoms with Gasteiger partial charge in [0.05, 0.1) is 23.2 Å². The molecule has 0 heterocycles. The lowest BCUT2D eigenvalue weighted by Gasteiger charge is -2.18. The van der Waals surface area contributed by atoms with Crippen LogP contribution in [0.4, 0.5) is 5.69 Å². The van der Waals surface area contributed by atoms with Gasteiger partial charge in [0.1, 0.15) is 4.83 Å². The second-order valence-electron chi connectivity index (χ2n) is 4.74. The van der Waals surface area contributed by atoms with E-state index >= 15 is 0 Å². The summed E-state index contributed by atoms with van der Waals surface area (Å²) in [5, 5.41) is 2.76. The van der Waals surface area contributed by atoms with Gasteiger partial charge < -0.3 is 10.1 Å². The van der Waals surface area contributed by atoms with Crippen LogP contribution in [0.3, 0.4) is 0 Å². The number of carbonyl (C=O) groups excluding carboxylic acids is 2. The molecule has 0 radical (unpaired) electrons. The molecule has 23 heavy (non-hydrogen) atoms. The van der Waals surface area contributed by atoms with Crippen LogP contribution in [0.25, 0.3) is 0 Å². The first-order valence-corrected chi connectivity index (χ1v) is 8.69. The van der Waals surface area contributed by atoms with Crippen molar-refractivity contribution in [1.82, 2.24) is 0 Å². The average Bonchev–Trinajstić information content (AvgIpc) is 2.61. The van der Waals surface area contributed by atoms with E-state index < -0.39 is 10.8 Å². The molecule has 0 aliphatic rings. The maximum Gasteiger partial charge on any atom is 0.339 e. The zero-order valence-corrected chi connectivity index (χ0v) is 15.5. The maximum absolute atomic E-state index is 12.5. The van der Waals surface area contributed by atoms with Gasteiger partial charge in [-0.2, -0.15) is 0 Å². The van der Waals surface area contributed by atoms with Crippen LogP contribution in [0.2, 0.25) is 0 Å². The number of halogens is 2. The van der Waals surface area contributed by atoms with Crippen molar-refractivity contribution in [3.8, 4) is 0 Å². The fourth-order valence-corrected chi connectivity index (χ4v) is 2.99. The summed E-state index contributed by atoms with van der Waals surface area (Å²) >= 11 is 6.93. The lowest BCUT2D eigenvalue weighted by atomic mass is 10.1. The minimum absolute atomic E-state index is 0.200. The molecule has 1 N–H and O–H groups in total. The highest BCUT2D eigenvalue weighted by Gasteiger charge is 2.26. The zero-order chi connectivity index (χ0) is 16.8. The van der Waals surface area contributed by atoms with Gasteiger partial charge in [-0.15, -0.1) is 0 Å². The lowest BCUT2D eigenvalue weighted by molar-refractivity contribution is -0.115. The van der Waals surface area contributed by atoms with Crippen molar-refractivity contribution in [2.45, 2.75) is 9.65 Å². The first-order valence-electron chi connectivity index (χ1n) is 6.86. The van der Waals surface area contributed by atoms with E-state index in [1.807, 2.05) is 30.3 Å². The third-order valence-electron chi connectivity index (χ3n) is 3.22. The van der Waals surface area contributed by atoms with Crippen LogP contribution in [-0.4, -0.2) is 23.8 Å². The van der Waals surface area contributed by atoms with Crippen molar-refractivity contribution in [2.24, 2.45) is 0 Å². The summed E-state index contributed by atoms with van der Waals surface area (Å²) in [5.74, 6) is -0.752. The van der Waals surface area contributed by atoms with Crippen LogP contribution >= 0.6 is 31.9 Å². The molecule has 0 saturated carbocycles. The van der Waals surface area contributed by atoms with Crippen LogP contribution in [0.1, 0.15) is 20.7 Å². The number of rotatable bonds is 5. The smallest absolute Gasteiger partial charge is 0.339 e. The SMILES string of the molecule is COC(=O)c1ccccc1NC(=O)[C@@H](Br)[C@@H](Br)c1ccccc1. The molecule has 2 aromatic rings. The number of anilines is 1. The molecule has 1 amide bonds. The molecule has 0 saturated heterocycles. The number of amides is 1. The molecular formula is C17H15Br2NO3. The van der Waals surface area contributed by atoms with Crippen LogP contribution in [0.5, 0.6) is 0 Å². The lowest BCUT2D eigenvalue weighted by Crippen LogP contribution is -2.27. The maximum atomic E-state index is 12.5. The summed E-state index contributed by atoms with van der Waals surface area (Å²) in [4.78, 5) is 23.5. The highest BCUT2D eigenvalue weighted by atomic mass is 79.9. The number of benzene rings is 2. The highest BCUT2D eigenvalue weighted by molar-refractivity contribution is 9.12. The number of methoxy groups -OCH3 is 1. The molecule has 0 spiro atoms. The van der Waals surface area contributed by atoms with Crippen molar-refractivity contribution in [3.05, 3.63) is 65.7 Å². The third kappa shape index (κ3) is 4.42.